The molecule has 0 fully saturated rings. The fourth-order valence-corrected chi connectivity index (χ4v) is 0.739. The van der Waals surface area contributed by atoms with Gasteiger partial charge in [0.05, 0.1) is 5.71 Å². The first-order valence-corrected chi connectivity index (χ1v) is 4.60. The van der Waals surface area contributed by atoms with Crippen LogP contribution in [0.15, 0.2) is 65.8 Å². The van der Waals surface area contributed by atoms with E-state index in [0.717, 1.165) is 5.71 Å². The number of rotatable bonds is 5. The van der Waals surface area contributed by atoms with Crippen molar-refractivity contribution in [3.8, 4) is 0 Å². The summed E-state index contributed by atoms with van der Waals surface area (Å²) in [5.74, 6) is 0. The number of hydrogen-bond acceptors (Lipinski definition) is 1. The van der Waals surface area contributed by atoms with Crippen molar-refractivity contribution in [2.75, 3.05) is 0 Å². The Morgan fingerprint density at radius 2 is 2.00 bits per heavy atom. The Morgan fingerprint density at radius 1 is 1.29 bits per heavy atom. The van der Waals surface area contributed by atoms with Crippen molar-refractivity contribution in [3.05, 3.63) is 60.8 Å². The zero-order valence-corrected chi connectivity index (χ0v) is 9.04. The second-order valence-corrected chi connectivity index (χ2v) is 2.79. The molecule has 0 saturated carbocycles. The Labute approximate surface area is 90.5 Å². The monoisotopic (exact) mass is 207 g/mol. The first-order valence-electron chi connectivity index (χ1n) is 4.22. The van der Waals surface area contributed by atoms with E-state index >= 15 is 0 Å². The lowest BCUT2D eigenvalue weighted by atomic mass is 10.3. The molecule has 0 aliphatic carbocycles. The fraction of sp³-hybridized carbons (Fsp3) is 0.0833. The molecule has 0 rings (SSSR count). The van der Waals surface area contributed by atoms with Gasteiger partial charge in [0.2, 0.25) is 0 Å². The van der Waals surface area contributed by atoms with Crippen molar-refractivity contribution < 1.29 is 0 Å². The third-order valence-corrected chi connectivity index (χ3v) is 1.59. The van der Waals surface area contributed by atoms with Gasteiger partial charge in [-0.15, -0.1) is 0 Å². The van der Waals surface area contributed by atoms with Gasteiger partial charge in [0.25, 0.3) is 0 Å². The van der Waals surface area contributed by atoms with Crippen LogP contribution in [-0.2, 0) is 0 Å². The normalized spacial score (nSPS) is 13.9. The molecule has 0 aromatic carbocycles. The van der Waals surface area contributed by atoms with E-state index < -0.39 is 0 Å². The lowest BCUT2D eigenvalue weighted by Gasteiger charge is -1.87. The van der Waals surface area contributed by atoms with Crippen LogP contribution in [0, 0.1) is 0 Å². The number of allylic oxidation sites excluding steroid dienone is 7. The summed E-state index contributed by atoms with van der Waals surface area (Å²) in [6, 6.07) is 0. The van der Waals surface area contributed by atoms with Crippen molar-refractivity contribution in [1.29, 1.82) is 0 Å². The van der Waals surface area contributed by atoms with Gasteiger partial charge in [-0.05, 0) is 31.2 Å². The second-order valence-electron chi connectivity index (χ2n) is 2.36. The van der Waals surface area contributed by atoms with Crippen molar-refractivity contribution >= 4 is 17.3 Å². The highest BCUT2D eigenvalue weighted by atomic mass is 35.5. The smallest absolute Gasteiger partial charge is 0.0620 e. The molecule has 2 heteroatoms. The Morgan fingerprint density at radius 3 is 2.50 bits per heavy atom. The van der Waals surface area contributed by atoms with Crippen molar-refractivity contribution in [3.63, 3.8) is 0 Å². The number of halogens is 1. The Balaban J connectivity index is 4.38. The molecule has 1 nitrogen and oxygen atoms in total. The van der Waals surface area contributed by atoms with Gasteiger partial charge in [-0.3, -0.25) is 4.99 Å². The molecular weight excluding hydrogens is 194 g/mol. The minimum Gasteiger partial charge on any atom is -0.257 e. The van der Waals surface area contributed by atoms with Gasteiger partial charge in [0.1, 0.15) is 0 Å². The Bertz CT molecular complexity index is 306. The quantitative estimate of drug-likeness (QED) is 0.477. The summed E-state index contributed by atoms with van der Waals surface area (Å²) >= 11 is 5.68. The molecule has 0 spiro atoms. The molecular formula is C12H14ClN. The lowest BCUT2D eigenvalue weighted by molar-refractivity contribution is 1.56. The topological polar surface area (TPSA) is 12.4 Å². The summed E-state index contributed by atoms with van der Waals surface area (Å²) in [6.45, 7) is 9.09. The molecule has 0 aliphatic rings. The van der Waals surface area contributed by atoms with Crippen molar-refractivity contribution in [2.24, 2.45) is 4.99 Å². The third kappa shape index (κ3) is 6.21. The maximum absolute atomic E-state index is 5.68. The number of hydrogen-bond donors (Lipinski definition) is 0. The minimum absolute atomic E-state index is 0.586. The van der Waals surface area contributed by atoms with Gasteiger partial charge in [-0.25, -0.2) is 0 Å². The molecule has 0 heterocycles. The fourth-order valence-electron chi connectivity index (χ4n) is 0.667. The molecule has 0 aliphatic heterocycles. The summed E-state index contributed by atoms with van der Waals surface area (Å²) in [6.07, 6.45) is 12.1. The van der Waals surface area contributed by atoms with E-state index in [0.29, 0.717) is 5.03 Å². The average Bonchev–Trinajstić information content (AvgIpc) is 2.22. The van der Waals surface area contributed by atoms with E-state index in [9.17, 15) is 0 Å². The summed E-state index contributed by atoms with van der Waals surface area (Å²) in [7, 11) is 0. The Kier molecular flexibility index (Phi) is 7.48. The summed E-state index contributed by atoms with van der Waals surface area (Å²) in [5.41, 5.74) is 0.812. The standard InChI is InChI=1S/C12H14ClN/c1-4-8-12(6-3)14-10-7-9-11(13)5-2/h4-10H,2-3H2,1H3. The van der Waals surface area contributed by atoms with Crippen LogP contribution in [0.1, 0.15) is 6.92 Å². The molecule has 14 heavy (non-hydrogen) atoms. The van der Waals surface area contributed by atoms with Gasteiger partial charge in [-0.2, -0.15) is 0 Å². The van der Waals surface area contributed by atoms with E-state index in [-0.39, 0.29) is 0 Å². The highest BCUT2D eigenvalue weighted by molar-refractivity contribution is 6.31. The first kappa shape index (κ1) is 12.7. The van der Waals surface area contributed by atoms with Crippen LogP contribution >= 0.6 is 11.6 Å². The second kappa shape index (κ2) is 8.27. The van der Waals surface area contributed by atoms with E-state index in [1.807, 2.05) is 19.1 Å². The molecule has 0 aromatic rings. The molecule has 0 saturated heterocycles. The number of nitrogens with zero attached hydrogens (tertiary/aromatic N) is 1. The van der Waals surface area contributed by atoms with Crippen LogP contribution in [0.25, 0.3) is 0 Å². The van der Waals surface area contributed by atoms with Crippen molar-refractivity contribution in [1.82, 2.24) is 0 Å². The highest BCUT2D eigenvalue weighted by Gasteiger charge is 1.80. The van der Waals surface area contributed by atoms with Crippen LogP contribution in [0.5, 0.6) is 0 Å². The minimum atomic E-state index is 0.586. The third-order valence-electron chi connectivity index (χ3n) is 1.31. The van der Waals surface area contributed by atoms with Crippen LogP contribution in [0.3, 0.4) is 0 Å². The number of aliphatic imine (C=N–C) groups is 1. The van der Waals surface area contributed by atoms with Crippen molar-refractivity contribution in [2.45, 2.75) is 6.92 Å². The van der Waals surface area contributed by atoms with Crippen LogP contribution in [0.2, 0.25) is 0 Å². The molecule has 0 atom stereocenters. The molecule has 0 unspecified atom stereocenters. The molecule has 0 N–H and O–H groups in total. The largest absolute Gasteiger partial charge is 0.257 e. The summed E-state index contributed by atoms with van der Waals surface area (Å²) < 4.78 is 0. The zero-order chi connectivity index (χ0) is 10.8. The van der Waals surface area contributed by atoms with Gasteiger partial charge in [0.15, 0.2) is 0 Å². The predicted molar refractivity (Wildman–Crippen MR) is 65.7 cm³/mol. The Hall–Kier alpha value is -1.34. The molecule has 74 valence electrons. The first-order chi connectivity index (χ1) is 6.74. The van der Waals surface area contributed by atoms with Gasteiger partial charge < -0.3 is 0 Å². The lowest BCUT2D eigenvalue weighted by Crippen LogP contribution is -1.83. The zero-order valence-electron chi connectivity index (χ0n) is 8.28. The molecule has 0 aromatic heterocycles. The van der Waals surface area contributed by atoms with Gasteiger partial charge >= 0.3 is 0 Å². The van der Waals surface area contributed by atoms with Crippen LogP contribution in [-0.4, -0.2) is 5.71 Å². The van der Waals surface area contributed by atoms with E-state index in [1.54, 1.807) is 30.5 Å². The van der Waals surface area contributed by atoms with E-state index in [4.69, 9.17) is 11.6 Å². The van der Waals surface area contributed by atoms with E-state index in [2.05, 4.69) is 18.2 Å². The van der Waals surface area contributed by atoms with Crippen LogP contribution < -0.4 is 0 Å². The molecule has 0 radical (unpaired) electrons. The summed E-state index contributed by atoms with van der Waals surface area (Å²) in [5, 5.41) is 0.586. The highest BCUT2D eigenvalue weighted by Crippen LogP contribution is 2.01. The predicted octanol–water partition coefficient (Wildman–Crippen LogP) is 4.01. The molecule has 0 amide bonds. The van der Waals surface area contributed by atoms with Gasteiger partial charge in [0, 0.05) is 11.2 Å². The summed E-state index contributed by atoms with van der Waals surface area (Å²) in [4.78, 5) is 4.13. The SMILES string of the molecule is C=CC(Cl)=CC=CN=C(C=C)C=CC. The van der Waals surface area contributed by atoms with E-state index in [1.165, 1.54) is 0 Å². The van der Waals surface area contributed by atoms with Crippen LogP contribution in [0.4, 0.5) is 0 Å². The molecule has 0 bridgehead atoms. The van der Waals surface area contributed by atoms with Gasteiger partial charge in [-0.1, -0.05) is 36.9 Å². The average molecular weight is 208 g/mol. The maximum Gasteiger partial charge on any atom is 0.0620 e. The maximum atomic E-state index is 5.68.